The van der Waals surface area contributed by atoms with Crippen LogP contribution >= 0.6 is 15.9 Å². The van der Waals surface area contributed by atoms with E-state index in [9.17, 15) is 17.6 Å². The van der Waals surface area contributed by atoms with Crippen molar-refractivity contribution >= 4 is 21.6 Å². The Labute approximate surface area is 90.4 Å². The standard InChI is InChI=1S/C7H5BrF4N2O/c8-6-5(15-7(10,11)12)4(13)3(1-9)2-14-6/h2H,1H2,(H2,13,14). The molecule has 1 aromatic heterocycles. The second-order valence-corrected chi connectivity index (χ2v) is 3.25. The Kier molecular flexibility index (Phi) is 3.38. The molecule has 0 aliphatic heterocycles. The van der Waals surface area contributed by atoms with Crippen molar-refractivity contribution in [2.45, 2.75) is 13.0 Å². The lowest BCUT2D eigenvalue weighted by molar-refractivity contribution is -0.274. The molecule has 0 unspecified atom stereocenters. The molecule has 0 aliphatic rings. The molecule has 84 valence electrons. The molecule has 0 bridgehead atoms. The maximum atomic E-state index is 12.3. The first-order valence-corrected chi connectivity index (χ1v) is 4.39. The number of pyridine rings is 1. The molecule has 1 aromatic rings. The molecular formula is C7H5BrF4N2O. The number of nitrogens with two attached hydrogens (primary N) is 1. The zero-order valence-electron chi connectivity index (χ0n) is 7.11. The average Bonchev–Trinajstić information content (AvgIpc) is 2.11. The van der Waals surface area contributed by atoms with Gasteiger partial charge in [-0.2, -0.15) is 0 Å². The number of nitrogens with zero attached hydrogens (tertiary/aromatic N) is 1. The Bertz CT molecular complexity index is 369. The molecule has 1 rings (SSSR count). The zero-order chi connectivity index (χ0) is 11.6. The molecule has 0 saturated carbocycles. The molecule has 0 spiro atoms. The topological polar surface area (TPSA) is 48.1 Å². The number of ether oxygens (including phenoxy) is 1. The molecule has 0 aliphatic carbocycles. The van der Waals surface area contributed by atoms with Gasteiger partial charge in [0.1, 0.15) is 6.67 Å². The van der Waals surface area contributed by atoms with Gasteiger partial charge in [0.2, 0.25) is 0 Å². The van der Waals surface area contributed by atoms with Crippen LogP contribution in [0.5, 0.6) is 5.75 Å². The summed E-state index contributed by atoms with van der Waals surface area (Å²) in [6, 6.07) is 0. The number of hydrogen-bond acceptors (Lipinski definition) is 3. The van der Waals surface area contributed by atoms with Crippen LogP contribution in [0.15, 0.2) is 10.8 Å². The second-order valence-electron chi connectivity index (χ2n) is 2.50. The minimum absolute atomic E-state index is 0.155. The van der Waals surface area contributed by atoms with E-state index in [0.717, 1.165) is 6.20 Å². The summed E-state index contributed by atoms with van der Waals surface area (Å²) >= 11 is 2.72. The van der Waals surface area contributed by atoms with Gasteiger partial charge >= 0.3 is 6.36 Å². The monoisotopic (exact) mass is 288 g/mol. The van der Waals surface area contributed by atoms with Gasteiger partial charge in [-0.1, -0.05) is 0 Å². The highest BCUT2D eigenvalue weighted by atomic mass is 79.9. The Morgan fingerprint density at radius 2 is 2.07 bits per heavy atom. The molecule has 0 radical (unpaired) electrons. The number of nitrogen functional groups attached to an aromatic ring is 1. The maximum absolute atomic E-state index is 12.3. The average molecular weight is 289 g/mol. The van der Waals surface area contributed by atoms with Gasteiger partial charge < -0.3 is 10.5 Å². The van der Waals surface area contributed by atoms with Crippen molar-refractivity contribution in [3.8, 4) is 5.75 Å². The summed E-state index contributed by atoms with van der Waals surface area (Å²) < 4.78 is 51.4. The van der Waals surface area contributed by atoms with Gasteiger partial charge in [-0.15, -0.1) is 13.2 Å². The lowest BCUT2D eigenvalue weighted by Crippen LogP contribution is -2.19. The fraction of sp³-hybridized carbons (Fsp3) is 0.286. The lowest BCUT2D eigenvalue weighted by Gasteiger charge is -2.13. The van der Waals surface area contributed by atoms with Crippen molar-refractivity contribution in [2.75, 3.05) is 5.73 Å². The third-order valence-corrected chi connectivity index (χ3v) is 2.04. The molecule has 0 amide bonds. The Balaban J connectivity index is 3.15. The van der Waals surface area contributed by atoms with E-state index in [1.54, 1.807) is 0 Å². The highest BCUT2D eigenvalue weighted by molar-refractivity contribution is 9.10. The van der Waals surface area contributed by atoms with Crippen LogP contribution in [0.2, 0.25) is 0 Å². The van der Waals surface area contributed by atoms with Gasteiger partial charge in [0.25, 0.3) is 0 Å². The van der Waals surface area contributed by atoms with E-state index in [1.165, 1.54) is 0 Å². The largest absolute Gasteiger partial charge is 0.573 e. The first kappa shape index (κ1) is 12.0. The van der Waals surface area contributed by atoms with E-state index >= 15 is 0 Å². The molecular weight excluding hydrogens is 284 g/mol. The number of aromatic nitrogens is 1. The lowest BCUT2D eigenvalue weighted by atomic mass is 10.2. The Hall–Kier alpha value is -1.05. The SMILES string of the molecule is Nc1c(CF)cnc(Br)c1OC(F)(F)F. The predicted octanol–water partition coefficient (Wildman–Crippen LogP) is 2.79. The van der Waals surface area contributed by atoms with Gasteiger partial charge in [-0.05, 0) is 15.9 Å². The minimum atomic E-state index is -4.90. The predicted molar refractivity (Wildman–Crippen MR) is 47.8 cm³/mol. The van der Waals surface area contributed by atoms with Gasteiger partial charge in [0.05, 0.1) is 5.69 Å². The summed E-state index contributed by atoms with van der Waals surface area (Å²) in [6.07, 6.45) is -3.87. The molecule has 0 saturated heterocycles. The summed E-state index contributed by atoms with van der Waals surface area (Å²) in [4.78, 5) is 3.47. The van der Waals surface area contributed by atoms with Crippen molar-refractivity contribution in [3.05, 3.63) is 16.4 Å². The van der Waals surface area contributed by atoms with Crippen LogP contribution < -0.4 is 10.5 Å². The van der Waals surface area contributed by atoms with Crippen LogP contribution in [0.1, 0.15) is 5.56 Å². The maximum Gasteiger partial charge on any atom is 0.573 e. The molecule has 8 heteroatoms. The number of alkyl halides is 4. The molecule has 15 heavy (non-hydrogen) atoms. The van der Waals surface area contributed by atoms with Crippen molar-refractivity contribution < 1.29 is 22.3 Å². The molecule has 0 aromatic carbocycles. The third-order valence-electron chi connectivity index (χ3n) is 1.47. The number of anilines is 1. The number of hydrogen-bond donors (Lipinski definition) is 1. The minimum Gasteiger partial charge on any atom is -0.401 e. The summed E-state index contributed by atoms with van der Waals surface area (Å²) in [7, 11) is 0. The van der Waals surface area contributed by atoms with Crippen LogP contribution in [-0.4, -0.2) is 11.3 Å². The van der Waals surface area contributed by atoms with Gasteiger partial charge in [-0.25, -0.2) is 9.37 Å². The molecule has 0 fully saturated rings. The van der Waals surface area contributed by atoms with Crippen LogP contribution in [0.25, 0.3) is 0 Å². The summed E-state index contributed by atoms with van der Waals surface area (Å²) in [5.41, 5.74) is 4.69. The van der Waals surface area contributed by atoms with E-state index in [-0.39, 0.29) is 10.2 Å². The molecule has 3 nitrogen and oxygen atoms in total. The highest BCUT2D eigenvalue weighted by Crippen LogP contribution is 2.36. The number of rotatable bonds is 2. The van der Waals surface area contributed by atoms with E-state index in [2.05, 4.69) is 25.7 Å². The molecule has 2 N–H and O–H groups in total. The second kappa shape index (κ2) is 4.21. The third kappa shape index (κ3) is 2.95. The highest BCUT2D eigenvalue weighted by Gasteiger charge is 2.33. The van der Waals surface area contributed by atoms with Crippen molar-refractivity contribution in [1.29, 1.82) is 0 Å². The summed E-state index contributed by atoms with van der Waals surface area (Å²) in [5, 5.41) is 0. The van der Waals surface area contributed by atoms with Crippen molar-refractivity contribution in [1.82, 2.24) is 4.98 Å². The first-order chi connectivity index (χ1) is 6.85. The normalized spacial score (nSPS) is 11.5. The summed E-state index contributed by atoms with van der Waals surface area (Å²) in [6.45, 7) is -1.01. The Morgan fingerprint density at radius 1 is 1.47 bits per heavy atom. The van der Waals surface area contributed by atoms with E-state index < -0.39 is 24.5 Å². The quantitative estimate of drug-likeness (QED) is 0.672. The van der Waals surface area contributed by atoms with Crippen LogP contribution in [0.4, 0.5) is 23.2 Å². The first-order valence-electron chi connectivity index (χ1n) is 3.59. The van der Waals surface area contributed by atoms with Crippen molar-refractivity contribution in [3.63, 3.8) is 0 Å². The fourth-order valence-electron chi connectivity index (χ4n) is 0.839. The molecule has 1 heterocycles. The van der Waals surface area contributed by atoms with Crippen LogP contribution in [0.3, 0.4) is 0 Å². The van der Waals surface area contributed by atoms with Crippen LogP contribution in [-0.2, 0) is 6.67 Å². The van der Waals surface area contributed by atoms with E-state index in [4.69, 9.17) is 5.73 Å². The summed E-state index contributed by atoms with van der Waals surface area (Å²) in [5.74, 6) is -0.724. The van der Waals surface area contributed by atoms with E-state index in [0.29, 0.717) is 0 Å². The van der Waals surface area contributed by atoms with Crippen molar-refractivity contribution in [2.24, 2.45) is 0 Å². The van der Waals surface area contributed by atoms with E-state index in [1.807, 2.05) is 0 Å². The fourth-order valence-corrected chi connectivity index (χ4v) is 1.24. The van der Waals surface area contributed by atoms with Crippen LogP contribution in [0, 0.1) is 0 Å². The Morgan fingerprint density at radius 3 is 2.53 bits per heavy atom. The number of halogens is 5. The van der Waals surface area contributed by atoms with Gasteiger partial charge in [0.15, 0.2) is 10.4 Å². The molecule has 0 atom stereocenters. The van der Waals surface area contributed by atoms with Gasteiger partial charge in [-0.3, -0.25) is 0 Å². The zero-order valence-corrected chi connectivity index (χ0v) is 8.69. The van der Waals surface area contributed by atoms with Gasteiger partial charge in [0, 0.05) is 11.8 Å². The smallest absolute Gasteiger partial charge is 0.401 e.